The normalized spacial score (nSPS) is 11.7. The highest BCUT2D eigenvalue weighted by Gasteiger charge is 2.24. The number of hydrogen-bond acceptors (Lipinski definition) is 5. The zero-order chi connectivity index (χ0) is 17.8. The van der Waals surface area contributed by atoms with Crippen molar-refractivity contribution in [2.24, 2.45) is 0 Å². The van der Waals surface area contributed by atoms with Crippen molar-refractivity contribution < 1.29 is 9.59 Å². The molecule has 6 heteroatoms. The molecule has 1 N–H and O–H groups in total. The first-order valence-corrected chi connectivity index (χ1v) is 8.53. The SMILES string of the molecule is Cc1ccc(C(=O)NCC(=O)[C@H](C#N)c2nc3ccccc3s2)cc1. The van der Waals surface area contributed by atoms with Gasteiger partial charge >= 0.3 is 0 Å². The predicted molar refractivity (Wildman–Crippen MR) is 96.5 cm³/mol. The Kier molecular flexibility index (Phi) is 4.87. The minimum absolute atomic E-state index is 0.207. The molecule has 0 saturated carbocycles. The maximum absolute atomic E-state index is 12.4. The van der Waals surface area contributed by atoms with Crippen LogP contribution >= 0.6 is 11.3 Å². The van der Waals surface area contributed by atoms with Crippen molar-refractivity contribution in [2.45, 2.75) is 12.8 Å². The summed E-state index contributed by atoms with van der Waals surface area (Å²) in [5, 5.41) is 12.4. The fourth-order valence-electron chi connectivity index (χ4n) is 2.35. The Hall–Kier alpha value is -3.04. The van der Waals surface area contributed by atoms with E-state index in [1.807, 2.05) is 49.4 Å². The van der Waals surface area contributed by atoms with Gasteiger partial charge in [-0.05, 0) is 31.2 Å². The Bertz CT molecular complexity index is 937. The van der Waals surface area contributed by atoms with Crippen molar-refractivity contribution in [3.8, 4) is 6.07 Å². The number of aromatic nitrogens is 1. The van der Waals surface area contributed by atoms with Gasteiger partial charge in [0, 0.05) is 5.56 Å². The van der Waals surface area contributed by atoms with Gasteiger partial charge in [-0.2, -0.15) is 5.26 Å². The van der Waals surface area contributed by atoms with Crippen LogP contribution in [-0.4, -0.2) is 23.2 Å². The predicted octanol–water partition coefficient (Wildman–Crippen LogP) is 3.21. The fraction of sp³-hybridized carbons (Fsp3) is 0.158. The maximum Gasteiger partial charge on any atom is 0.251 e. The molecule has 3 aromatic rings. The molecule has 5 nitrogen and oxygen atoms in total. The van der Waals surface area contributed by atoms with Gasteiger partial charge in [-0.25, -0.2) is 4.98 Å². The molecule has 0 radical (unpaired) electrons. The second-order valence-corrected chi connectivity index (χ2v) is 6.66. The van der Waals surface area contributed by atoms with E-state index >= 15 is 0 Å². The van der Waals surface area contributed by atoms with Crippen molar-refractivity contribution in [1.29, 1.82) is 5.26 Å². The van der Waals surface area contributed by atoms with Crippen LogP contribution < -0.4 is 5.32 Å². The standard InChI is InChI=1S/C19H15N3O2S/c1-12-6-8-13(9-7-12)18(24)21-11-16(23)14(10-20)19-22-15-4-2-3-5-17(15)25-19/h2-9,14H,11H2,1H3,(H,21,24)/t14-/m0/s1. The Morgan fingerprint density at radius 1 is 1.20 bits per heavy atom. The summed E-state index contributed by atoms with van der Waals surface area (Å²) in [4.78, 5) is 28.8. The number of benzene rings is 2. The number of rotatable bonds is 5. The van der Waals surface area contributed by atoms with E-state index in [-0.39, 0.29) is 18.2 Å². The summed E-state index contributed by atoms with van der Waals surface area (Å²) >= 11 is 1.32. The second kappa shape index (κ2) is 7.24. The van der Waals surface area contributed by atoms with Crippen molar-refractivity contribution in [3.05, 3.63) is 64.7 Å². The Morgan fingerprint density at radius 2 is 1.92 bits per heavy atom. The lowest BCUT2D eigenvalue weighted by Crippen LogP contribution is -2.32. The van der Waals surface area contributed by atoms with E-state index in [0.717, 1.165) is 15.8 Å². The first-order chi connectivity index (χ1) is 12.1. The smallest absolute Gasteiger partial charge is 0.251 e. The number of carbonyl (C=O) groups excluding carboxylic acids is 2. The van der Waals surface area contributed by atoms with Gasteiger partial charge in [0.2, 0.25) is 0 Å². The average Bonchev–Trinajstić information content (AvgIpc) is 3.04. The molecule has 3 rings (SSSR count). The van der Waals surface area contributed by atoms with Crippen LogP contribution in [0.15, 0.2) is 48.5 Å². The van der Waals surface area contributed by atoms with Gasteiger partial charge in [0.1, 0.15) is 5.01 Å². The molecule has 1 aromatic heterocycles. The molecule has 1 amide bonds. The molecule has 0 spiro atoms. The minimum atomic E-state index is -0.976. The second-order valence-electron chi connectivity index (χ2n) is 5.60. The van der Waals surface area contributed by atoms with Crippen LogP contribution in [0, 0.1) is 18.3 Å². The molecule has 1 atom stereocenters. The lowest BCUT2D eigenvalue weighted by Gasteiger charge is -2.07. The summed E-state index contributed by atoms with van der Waals surface area (Å²) in [7, 11) is 0. The van der Waals surface area contributed by atoms with Crippen LogP contribution in [0.1, 0.15) is 26.8 Å². The average molecular weight is 349 g/mol. The lowest BCUT2D eigenvalue weighted by molar-refractivity contribution is -0.118. The van der Waals surface area contributed by atoms with Gasteiger partial charge in [-0.1, -0.05) is 29.8 Å². The van der Waals surface area contributed by atoms with E-state index in [4.69, 9.17) is 0 Å². The molecule has 0 fully saturated rings. The summed E-state index contributed by atoms with van der Waals surface area (Å²) in [6.07, 6.45) is 0. The number of hydrogen-bond donors (Lipinski definition) is 1. The topological polar surface area (TPSA) is 82.9 Å². The number of nitrogens with one attached hydrogen (secondary N) is 1. The monoisotopic (exact) mass is 349 g/mol. The van der Waals surface area contributed by atoms with E-state index in [1.165, 1.54) is 11.3 Å². The number of para-hydroxylation sites is 1. The largest absolute Gasteiger partial charge is 0.345 e. The number of amides is 1. The first kappa shape index (κ1) is 16.8. The molecular weight excluding hydrogens is 334 g/mol. The van der Waals surface area contributed by atoms with Crippen LogP contribution in [0.2, 0.25) is 0 Å². The molecule has 0 unspecified atom stereocenters. The van der Waals surface area contributed by atoms with Crippen molar-refractivity contribution >= 4 is 33.2 Å². The van der Waals surface area contributed by atoms with Gasteiger partial charge in [0.15, 0.2) is 11.7 Å². The number of fused-ring (bicyclic) bond motifs is 1. The molecular formula is C19H15N3O2S. The molecule has 1 heterocycles. The lowest BCUT2D eigenvalue weighted by atomic mass is 10.1. The number of aryl methyl sites for hydroxylation is 1. The van der Waals surface area contributed by atoms with Crippen LogP contribution in [0.4, 0.5) is 0 Å². The first-order valence-electron chi connectivity index (χ1n) is 7.71. The van der Waals surface area contributed by atoms with Gasteiger partial charge in [0.25, 0.3) is 5.91 Å². The number of Topliss-reactive ketones (excluding diaryl/α,β-unsaturated/α-hetero) is 1. The number of ketones is 1. The highest BCUT2D eigenvalue weighted by molar-refractivity contribution is 7.18. The highest BCUT2D eigenvalue weighted by atomic mass is 32.1. The van der Waals surface area contributed by atoms with Crippen LogP contribution in [0.25, 0.3) is 10.2 Å². The Balaban J connectivity index is 1.69. The molecule has 2 aromatic carbocycles. The summed E-state index contributed by atoms with van der Waals surface area (Å²) in [6, 6.07) is 16.5. The van der Waals surface area contributed by atoms with E-state index in [1.54, 1.807) is 12.1 Å². The van der Waals surface area contributed by atoms with E-state index in [9.17, 15) is 14.9 Å². The van der Waals surface area contributed by atoms with Gasteiger partial charge in [-0.3, -0.25) is 9.59 Å². The molecule has 0 bridgehead atoms. The fourth-order valence-corrected chi connectivity index (χ4v) is 3.39. The van der Waals surface area contributed by atoms with Gasteiger partial charge in [-0.15, -0.1) is 11.3 Å². The Labute approximate surface area is 148 Å². The van der Waals surface area contributed by atoms with Crippen LogP contribution in [0.3, 0.4) is 0 Å². The third-order valence-electron chi connectivity index (χ3n) is 3.75. The molecule has 0 aliphatic heterocycles. The summed E-state index contributed by atoms with van der Waals surface area (Å²) in [5.74, 6) is -1.69. The van der Waals surface area contributed by atoms with Gasteiger partial charge < -0.3 is 5.32 Å². The van der Waals surface area contributed by atoms with Crippen LogP contribution in [0.5, 0.6) is 0 Å². The van der Waals surface area contributed by atoms with Crippen molar-refractivity contribution in [3.63, 3.8) is 0 Å². The maximum atomic E-state index is 12.4. The zero-order valence-electron chi connectivity index (χ0n) is 13.5. The zero-order valence-corrected chi connectivity index (χ0v) is 14.3. The Morgan fingerprint density at radius 3 is 2.60 bits per heavy atom. The quantitative estimate of drug-likeness (QED) is 0.767. The molecule has 0 aliphatic rings. The van der Waals surface area contributed by atoms with E-state index < -0.39 is 5.92 Å². The number of carbonyl (C=O) groups is 2. The van der Waals surface area contributed by atoms with E-state index in [0.29, 0.717) is 10.6 Å². The van der Waals surface area contributed by atoms with E-state index in [2.05, 4.69) is 10.3 Å². The number of thiazole rings is 1. The number of nitrogens with zero attached hydrogens (tertiary/aromatic N) is 2. The van der Waals surface area contributed by atoms with Crippen LogP contribution in [-0.2, 0) is 4.79 Å². The molecule has 0 aliphatic carbocycles. The highest BCUT2D eigenvalue weighted by Crippen LogP contribution is 2.27. The summed E-state index contributed by atoms with van der Waals surface area (Å²) < 4.78 is 0.925. The van der Waals surface area contributed by atoms with Crippen molar-refractivity contribution in [1.82, 2.24) is 10.3 Å². The molecule has 124 valence electrons. The molecule has 25 heavy (non-hydrogen) atoms. The number of nitriles is 1. The molecule has 0 saturated heterocycles. The van der Waals surface area contributed by atoms with Gasteiger partial charge in [0.05, 0.1) is 22.8 Å². The third-order valence-corrected chi connectivity index (χ3v) is 4.85. The summed E-state index contributed by atoms with van der Waals surface area (Å²) in [6.45, 7) is 1.72. The minimum Gasteiger partial charge on any atom is -0.345 e. The third kappa shape index (κ3) is 3.73. The summed E-state index contributed by atoms with van der Waals surface area (Å²) in [5.41, 5.74) is 2.29. The van der Waals surface area contributed by atoms with Crippen molar-refractivity contribution in [2.75, 3.05) is 6.54 Å².